The SMILES string of the molecule is CC1CN(C(=O)c2cc(Br)cn2C)CC(C)O1. The monoisotopic (exact) mass is 300 g/mol. The minimum Gasteiger partial charge on any atom is -0.372 e. The lowest BCUT2D eigenvalue weighted by molar-refractivity contribution is -0.0588. The Labute approximate surface area is 110 Å². The van der Waals surface area contributed by atoms with Crippen molar-refractivity contribution in [1.82, 2.24) is 9.47 Å². The van der Waals surface area contributed by atoms with Crippen LogP contribution in [0.3, 0.4) is 0 Å². The predicted molar refractivity (Wildman–Crippen MR) is 69.0 cm³/mol. The number of halogens is 1. The van der Waals surface area contributed by atoms with E-state index in [-0.39, 0.29) is 18.1 Å². The normalized spacial score (nSPS) is 25.1. The van der Waals surface area contributed by atoms with Crippen LogP contribution in [0.15, 0.2) is 16.7 Å². The lowest BCUT2D eigenvalue weighted by Gasteiger charge is -2.35. The highest BCUT2D eigenvalue weighted by Gasteiger charge is 2.27. The molecule has 2 atom stereocenters. The average molecular weight is 301 g/mol. The number of aryl methyl sites for hydroxylation is 1. The lowest BCUT2D eigenvalue weighted by Crippen LogP contribution is -2.48. The van der Waals surface area contributed by atoms with Crippen molar-refractivity contribution in [1.29, 1.82) is 0 Å². The minimum atomic E-state index is 0.0696. The van der Waals surface area contributed by atoms with Crippen molar-refractivity contribution in [2.75, 3.05) is 13.1 Å². The fraction of sp³-hybridized carbons (Fsp3) is 0.583. The second-order valence-corrected chi connectivity index (χ2v) is 5.54. The molecule has 0 aromatic carbocycles. The van der Waals surface area contributed by atoms with E-state index in [0.717, 1.165) is 4.47 Å². The van der Waals surface area contributed by atoms with Crippen molar-refractivity contribution < 1.29 is 9.53 Å². The van der Waals surface area contributed by atoms with Crippen LogP contribution in [-0.2, 0) is 11.8 Å². The number of rotatable bonds is 1. The van der Waals surface area contributed by atoms with Crippen molar-refractivity contribution in [3.8, 4) is 0 Å². The predicted octanol–water partition coefficient (Wildman–Crippen LogP) is 2.04. The number of amides is 1. The molecule has 0 radical (unpaired) electrons. The van der Waals surface area contributed by atoms with Crippen LogP contribution in [0.25, 0.3) is 0 Å². The van der Waals surface area contributed by atoms with Gasteiger partial charge in [0, 0.05) is 30.8 Å². The topological polar surface area (TPSA) is 34.5 Å². The molecule has 1 saturated heterocycles. The van der Waals surface area contributed by atoms with Gasteiger partial charge in [-0.25, -0.2) is 0 Å². The van der Waals surface area contributed by atoms with Crippen molar-refractivity contribution in [3.63, 3.8) is 0 Å². The van der Waals surface area contributed by atoms with Crippen LogP contribution in [0.2, 0.25) is 0 Å². The maximum atomic E-state index is 12.4. The molecule has 0 spiro atoms. The van der Waals surface area contributed by atoms with Crippen LogP contribution >= 0.6 is 15.9 Å². The van der Waals surface area contributed by atoms with E-state index in [4.69, 9.17) is 4.74 Å². The van der Waals surface area contributed by atoms with Crippen LogP contribution in [0.4, 0.5) is 0 Å². The Balaban J connectivity index is 2.17. The number of carbonyl (C=O) groups is 1. The number of aromatic nitrogens is 1. The molecule has 1 aliphatic heterocycles. The van der Waals surface area contributed by atoms with Gasteiger partial charge in [0.05, 0.1) is 12.2 Å². The Bertz CT molecular complexity index is 420. The quantitative estimate of drug-likeness (QED) is 0.795. The van der Waals surface area contributed by atoms with Gasteiger partial charge in [-0.3, -0.25) is 4.79 Å². The molecule has 1 aliphatic rings. The summed E-state index contributed by atoms with van der Waals surface area (Å²) < 4.78 is 8.40. The fourth-order valence-electron chi connectivity index (χ4n) is 2.24. The van der Waals surface area contributed by atoms with Crippen LogP contribution in [0.1, 0.15) is 24.3 Å². The van der Waals surface area contributed by atoms with Gasteiger partial charge in [-0.2, -0.15) is 0 Å². The van der Waals surface area contributed by atoms with Crippen LogP contribution in [0.5, 0.6) is 0 Å². The summed E-state index contributed by atoms with van der Waals surface area (Å²) >= 11 is 3.38. The molecule has 5 heteroatoms. The van der Waals surface area contributed by atoms with E-state index < -0.39 is 0 Å². The third kappa shape index (κ3) is 2.72. The number of nitrogens with zero attached hydrogens (tertiary/aromatic N) is 2. The summed E-state index contributed by atoms with van der Waals surface area (Å²) in [6, 6.07) is 1.85. The van der Waals surface area contributed by atoms with Gasteiger partial charge in [-0.15, -0.1) is 0 Å². The van der Waals surface area contributed by atoms with Crippen LogP contribution < -0.4 is 0 Å². The summed E-state index contributed by atoms with van der Waals surface area (Å²) in [5.41, 5.74) is 0.707. The molecule has 1 aromatic heterocycles. The van der Waals surface area contributed by atoms with Gasteiger partial charge in [-0.1, -0.05) is 0 Å². The first kappa shape index (κ1) is 12.6. The minimum absolute atomic E-state index is 0.0696. The second-order valence-electron chi connectivity index (χ2n) is 4.62. The molecule has 0 bridgehead atoms. The zero-order chi connectivity index (χ0) is 12.6. The first-order chi connectivity index (χ1) is 7.97. The summed E-state index contributed by atoms with van der Waals surface area (Å²) in [6.45, 7) is 5.31. The lowest BCUT2D eigenvalue weighted by atomic mass is 10.2. The zero-order valence-electron chi connectivity index (χ0n) is 10.3. The maximum absolute atomic E-state index is 12.4. The Morgan fingerprint density at radius 1 is 1.41 bits per heavy atom. The number of hydrogen-bond acceptors (Lipinski definition) is 2. The van der Waals surface area contributed by atoms with Gasteiger partial charge in [0.1, 0.15) is 5.69 Å². The van der Waals surface area contributed by atoms with Gasteiger partial charge in [0.2, 0.25) is 0 Å². The van der Waals surface area contributed by atoms with Crippen LogP contribution in [-0.4, -0.2) is 40.7 Å². The summed E-state index contributed by atoms with van der Waals surface area (Å²) in [6.07, 6.45) is 2.10. The average Bonchev–Trinajstić information content (AvgIpc) is 2.55. The fourth-order valence-corrected chi connectivity index (χ4v) is 2.77. The van der Waals surface area contributed by atoms with Crippen molar-refractivity contribution in [2.45, 2.75) is 26.1 Å². The standard InChI is InChI=1S/C12H17BrN2O2/c1-8-5-15(6-9(2)17-8)12(16)11-4-10(13)7-14(11)3/h4,7-9H,5-6H2,1-3H3. The van der Waals surface area contributed by atoms with Gasteiger partial charge in [-0.05, 0) is 35.8 Å². The highest BCUT2D eigenvalue weighted by atomic mass is 79.9. The molecule has 2 unspecified atom stereocenters. The molecule has 0 aliphatic carbocycles. The van der Waals surface area contributed by atoms with E-state index in [0.29, 0.717) is 18.8 Å². The summed E-state index contributed by atoms with van der Waals surface area (Å²) in [5, 5.41) is 0. The number of hydrogen-bond donors (Lipinski definition) is 0. The molecule has 94 valence electrons. The van der Waals surface area contributed by atoms with E-state index in [1.807, 2.05) is 42.6 Å². The molecule has 2 rings (SSSR count). The van der Waals surface area contributed by atoms with Gasteiger partial charge in [0.15, 0.2) is 0 Å². The smallest absolute Gasteiger partial charge is 0.270 e. The first-order valence-corrected chi connectivity index (χ1v) is 6.53. The van der Waals surface area contributed by atoms with Gasteiger partial charge < -0.3 is 14.2 Å². The summed E-state index contributed by atoms with van der Waals surface area (Å²) in [7, 11) is 1.88. The van der Waals surface area contributed by atoms with Crippen molar-refractivity contribution in [2.24, 2.45) is 7.05 Å². The Hall–Kier alpha value is -0.810. The third-order valence-electron chi connectivity index (χ3n) is 2.90. The molecule has 1 aromatic rings. The number of ether oxygens (including phenoxy) is 1. The van der Waals surface area contributed by atoms with Gasteiger partial charge >= 0.3 is 0 Å². The van der Waals surface area contributed by atoms with Crippen LogP contribution in [0, 0.1) is 0 Å². The van der Waals surface area contributed by atoms with E-state index in [1.54, 1.807) is 0 Å². The molecular formula is C12H17BrN2O2. The number of morpholine rings is 1. The Kier molecular flexibility index (Phi) is 3.58. The van der Waals surface area contributed by atoms with E-state index >= 15 is 0 Å². The number of carbonyl (C=O) groups excluding carboxylic acids is 1. The Morgan fingerprint density at radius 2 is 2.00 bits per heavy atom. The van der Waals surface area contributed by atoms with E-state index in [2.05, 4.69) is 15.9 Å². The van der Waals surface area contributed by atoms with Crippen molar-refractivity contribution in [3.05, 3.63) is 22.4 Å². The van der Waals surface area contributed by atoms with E-state index in [1.165, 1.54) is 0 Å². The molecule has 0 saturated carbocycles. The highest BCUT2D eigenvalue weighted by molar-refractivity contribution is 9.10. The first-order valence-electron chi connectivity index (χ1n) is 5.74. The molecule has 17 heavy (non-hydrogen) atoms. The maximum Gasteiger partial charge on any atom is 0.270 e. The highest BCUT2D eigenvalue weighted by Crippen LogP contribution is 2.18. The molecular weight excluding hydrogens is 284 g/mol. The third-order valence-corrected chi connectivity index (χ3v) is 3.33. The molecule has 1 fully saturated rings. The molecule has 4 nitrogen and oxygen atoms in total. The largest absolute Gasteiger partial charge is 0.372 e. The molecule has 2 heterocycles. The van der Waals surface area contributed by atoms with E-state index in [9.17, 15) is 4.79 Å². The molecule has 0 N–H and O–H groups in total. The molecule has 1 amide bonds. The zero-order valence-corrected chi connectivity index (χ0v) is 11.9. The Morgan fingerprint density at radius 3 is 2.47 bits per heavy atom. The summed E-state index contributed by atoms with van der Waals surface area (Å²) in [4.78, 5) is 14.2. The van der Waals surface area contributed by atoms with Crippen molar-refractivity contribution >= 4 is 21.8 Å². The van der Waals surface area contributed by atoms with Gasteiger partial charge in [0.25, 0.3) is 5.91 Å². The second kappa shape index (κ2) is 4.82. The summed E-state index contributed by atoms with van der Waals surface area (Å²) in [5.74, 6) is 0.0696.